The van der Waals surface area contributed by atoms with Gasteiger partial charge in [-0.05, 0) is 17.0 Å². The lowest BCUT2D eigenvalue weighted by atomic mass is 9.98. The number of methoxy groups -OCH3 is 1. The SMILES string of the molecule is CC[C@H](C)[C@H](NC(=O)[C@@H](Cc1ccccc1)NC(=O)OCc1ccccc1)C(=O)OC. The van der Waals surface area contributed by atoms with Crippen LogP contribution < -0.4 is 10.6 Å². The highest BCUT2D eigenvalue weighted by Crippen LogP contribution is 2.11. The van der Waals surface area contributed by atoms with Gasteiger partial charge in [-0.1, -0.05) is 80.9 Å². The zero-order valence-corrected chi connectivity index (χ0v) is 18.2. The summed E-state index contributed by atoms with van der Waals surface area (Å²) in [6.45, 7) is 3.87. The molecule has 0 fully saturated rings. The lowest BCUT2D eigenvalue weighted by Crippen LogP contribution is -2.54. The fraction of sp³-hybridized carbons (Fsp3) is 0.375. The fourth-order valence-corrected chi connectivity index (χ4v) is 3.02. The van der Waals surface area contributed by atoms with E-state index < -0.39 is 30.1 Å². The first-order valence-corrected chi connectivity index (χ1v) is 10.3. The van der Waals surface area contributed by atoms with Crippen LogP contribution in [0.1, 0.15) is 31.4 Å². The Morgan fingerprint density at radius 2 is 1.48 bits per heavy atom. The Bertz CT molecular complexity index is 842. The van der Waals surface area contributed by atoms with Crippen LogP contribution in [0, 0.1) is 5.92 Å². The average molecular weight is 427 g/mol. The van der Waals surface area contributed by atoms with Gasteiger partial charge in [0, 0.05) is 6.42 Å². The highest BCUT2D eigenvalue weighted by molar-refractivity contribution is 5.90. The number of alkyl carbamates (subject to hydrolysis) is 1. The van der Waals surface area contributed by atoms with Gasteiger partial charge in [0.05, 0.1) is 7.11 Å². The highest BCUT2D eigenvalue weighted by atomic mass is 16.5. The summed E-state index contributed by atoms with van der Waals surface area (Å²) in [5, 5.41) is 5.36. The molecule has 3 atom stereocenters. The topological polar surface area (TPSA) is 93.7 Å². The predicted molar refractivity (Wildman–Crippen MR) is 117 cm³/mol. The molecular formula is C24H30N2O5. The van der Waals surface area contributed by atoms with Gasteiger partial charge < -0.3 is 20.1 Å². The molecule has 0 aromatic heterocycles. The molecule has 7 nitrogen and oxygen atoms in total. The molecule has 31 heavy (non-hydrogen) atoms. The molecule has 2 rings (SSSR count). The molecule has 0 spiro atoms. The quantitative estimate of drug-likeness (QED) is 0.569. The lowest BCUT2D eigenvalue weighted by molar-refractivity contribution is -0.146. The number of rotatable bonds is 10. The number of esters is 1. The molecular weight excluding hydrogens is 396 g/mol. The Morgan fingerprint density at radius 1 is 0.903 bits per heavy atom. The predicted octanol–water partition coefficient (Wildman–Crippen LogP) is 3.23. The minimum atomic E-state index is -0.915. The Kier molecular flexibility index (Phi) is 9.55. The molecule has 0 saturated carbocycles. The maximum absolute atomic E-state index is 13.0. The molecule has 2 N–H and O–H groups in total. The third-order valence-corrected chi connectivity index (χ3v) is 5.07. The largest absolute Gasteiger partial charge is 0.467 e. The zero-order valence-electron chi connectivity index (χ0n) is 18.2. The monoisotopic (exact) mass is 426 g/mol. The second-order valence-electron chi connectivity index (χ2n) is 7.34. The third-order valence-electron chi connectivity index (χ3n) is 5.07. The van der Waals surface area contributed by atoms with Crippen LogP contribution >= 0.6 is 0 Å². The number of nitrogens with one attached hydrogen (secondary N) is 2. The van der Waals surface area contributed by atoms with Gasteiger partial charge >= 0.3 is 12.1 Å². The number of hydrogen-bond acceptors (Lipinski definition) is 5. The number of benzene rings is 2. The highest BCUT2D eigenvalue weighted by Gasteiger charge is 2.30. The molecule has 166 valence electrons. The van der Waals surface area contributed by atoms with E-state index in [2.05, 4.69) is 10.6 Å². The molecule has 0 heterocycles. The van der Waals surface area contributed by atoms with Gasteiger partial charge in [0.2, 0.25) is 5.91 Å². The molecule has 2 aromatic carbocycles. The number of carbonyl (C=O) groups is 3. The summed E-state index contributed by atoms with van der Waals surface area (Å²) in [5.74, 6) is -1.12. The van der Waals surface area contributed by atoms with Crippen molar-refractivity contribution in [3.05, 3.63) is 71.8 Å². The lowest BCUT2D eigenvalue weighted by Gasteiger charge is -2.25. The average Bonchev–Trinajstić information content (AvgIpc) is 2.81. The summed E-state index contributed by atoms with van der Waals surface area (Å²) in [6, 6.07) is 16.9. The second-order valence-corrected chi connectivity index (χ2v) is 7.34. The van der Waals surface area contributed by atoms with Crippen molar-refractivity contribution in [2.75, 3.05) is 7.11 Å². The zero-order chi connectivity index (χ0) is 22.6. The smallest absolute Gasteiger partial charge is 0.408 e. The van der Waals surface area contributed by atoms with Crippen molar-refractivity contribution in [3.63, 3.8) is 0 Å². The fourth-order valence-electron chi connectivity index (χ4n) is 3.02. The summed E-state index contributed by atoms with van der Waals surface area (Å²) in [4.78, 5) is 37.6. The first kappa shape index (κ1) is 23.9. The van der Waals surface area contributed by atoms with Gasteiger partial charge in [-0.3, -0.25) is 4.79 Å². The number of amides is 2. The molecule has 0 bridgehead atoms. The van der Waals surface area contributed by atoms with Crippen molar-refractivity contribution in [1.82, 2.24) is 10.6 Å². The number of ether oxygens (including phenoxy) is 2. The standard InChI is InChI=1S/C24H30N2O5/c1-4-17(2)21(23(28)30-3)26-22(27)20(15-18-11-7-5-8-12-18)25-24(29)31-16-19-13-9-6-10-14-19/h5-14,17,20-21H,4,15-16H2,1-3H3,(H,25,29)(H,26,27)/t17-,20+,21-/m0/s1. The van der Waals surface area contributed by atoms with Gasteiger partial charge in [-0.25, -0.2) is 9.59 Å². The van der Waals surface area contributed by atoms with Crippen molar-refractivity contribution in [2.24, 2.45) is 5.92 Å². The van der Waals surface area contributed by atoms with E-state index in [1.54, 1.807) is 0 Å². The van der Waals surface area contributed by atoms with E-state index >= 15 is 0 Å². The van der Waals surface area contributed by atoms with E-state index in [4.69, 9.17) is 9.47 Å². The third kappa shape index (κ3) is 7.77. The number of carbonyl (C=O) groups excluding carboxylic acids is 3. The summed E-state index contributed by atoms with van der Waals surface area (Å²) in [5.41, 5.74) is 1.70. The molecule has 0 saturated heterocycles. The molecule has 7 heteroatoms. The van der Waals surface area contributed by atoms with Crippen molar-refractivity contribution in [3.8, 4) is 0 Å². The van der Waals surface area contributed by atoms with Crippen LogP contribution in [-0.2, 0) is 32.1 Å². The van der Waals surface area contributed by atoms with Crippen molar-refractivity contribution < 1.29 is 23.9 Å². The normalized spacial score (nSPS) is 13.4. The molecule has 0 aliphatic carbocycles. The van der Waals surface area contributed by atoms with Crippen molar-refractivity contribution in [1.29, 1.82) is 0 Å². The van der Waals surface area contributed by atoms with Gasteiger partial charge in [-0.2, -0.15) is 0 Å². The van der Waals surface area contributed by atoms with Crippen molar-refractivity contribution in [2.45, 2.75) is 45.4 Å². The minimum absolute atomic E-state index is 0.0873. The van der Waals surface area contributed by atoms with Gasteiger partial charge in [0.1, 0.15) is 18.7 Å². The van der Waals surface area contributed by atoms with Crippen LogP contribution in [0.2, 0.25) is 0 Å². The van der Waals surface area contributed by atoms with Crippen LogP contribution in [-0.4, -0.2) is 37.2 Å². The molecule has 0 unspecified atom stereocenters. The minimum Gasteiger partial charge on any atom is -0.467 e. The maximum Gasteiger partial charge on any atom is 0.408 e. The van der Waals surface area contributed by atoms with Gasteiger partial charge in [0.25, 0.3) is 0 Å². The summed E-state index contributed by atoms with van der Waals surface area (Å²) in [7, 11) is 1.28. The van der Waals surface area contributed by atoms with Crippen LogP contribution in [0.5, 0.6) is 0 Å². The Morgan fingerprint density at radius 3 is 2.03 bits per heavy atom. The number of hydrogen-bond donors (Lipinski definition) is 2. The van der Waals surface area contributed by atoms with Crippen LogP contribution in [0.4, 0.5) is 4.79 Å². The van der Waals surface area contributed by atoms with E-state index in [1.165, 1.54) is 7.11 Å². The second kappa shape index (κ2) is 12.4. The van der Waals surface area contributed by atoms with Gasteiger partial charge in [-0.15, -0.1) is 0 Å². The summed E-state index contributed by atoms with van der Waals surface area (Å²) in [6.07, 6.45) is 0.218. The molecule has 0 aliphatic heterocycles. The van der Waals surface area contributed by atoms with E-state index in [0.29, 0.717) is 6.42 Å². The van der Waals surface area contributed by atoms with Gasteiger partial charge in [0.15, 0.2) is 0 Å². The van der Waals surface area contributed by atoms with E-state index in [9.17, 15) is 14.4 Å². The molecule has 0 radical (unpaired) electrons. The Balaban J connectivity index is 2.10. The van der Waals surface area contributed by atoms with Crippen LogP contribution in [0.25, 0.3) is 0 Å². The Labute approximate surface area is 183 Å². The van der Waals surface area contributed by atoms with E-state index in [-0.39, 0.29) is 18.9 Å². The molecule has 0 aliphatic rings. The molecule has 2 amide bonds. The van der Waals surface area contributed by atoms with Crippen molar-refractivity contribution >= 4 is 18.0 Å². The first-order valence-electron chi connectivity index (χ1n) is 10.3. The maximum atomic E-state index is 13.0. The Hall–Kier alpha value is -3.35. The molecule has 2 aromatic rings. The summed E-state index contributed by atoms with van der Waals surface area (Å²) >= 11 is 0. The van der Waals surface area contributed by atoms with E-state index in [1.807, 2.05) is 74.5 Å². The first-order chi connectivity index (χ1) is 14.9. The van der Waals surface area contributed by atoms with E-state index in [0.717, 1.165) is 11.1 Å². The van der Waals surface area contributed by atoms with Crippen LogP contribution in [0.3, 0.4) is 0 Å². The summed E-state index contributed by atoms with van der Waals surface area (Å²) < 4.78 is 10.1. The van der Waals surface area contributed by atoms with Crippen LogP contribution in [0.15, 0.2) is 60.7 Å².